The zero-order valence-corrected chi connectivity index (χ0v) is 20.5. The minimum atomic E-state index is -1.05. The van der Waals surface area contributed by atoms with Gasteiger partial charge in [-0.3, -0.25) is 0 Å². The molecule has 3 aliphatic rings. The zero-order valence-electron chi connectivity index (χ0n) is 17.7. The Hall–Kier alpha value is -3.07. The Balaban J connectivity index is 1.33. The summed E-state index contributed by atoms with van der Waals surface area (Å²) in [6.07, 6.45) is 8.51. The number of rotatable bonds is 5. The summed E-state index contributed by atoms with van der Waals surface area (Å²) in [6, 6.07) is 12.9. The van der Waals surface area contributed by atoms with Crippen molar-refractivity contribution in [2.75, 3.05) is 18.7 Å². The molecule has 2 aromatic carbocycles. The minimum absolute atomic E-state index is 0.110. The molecule has 2 radical (unpaired) electrons. The normalized spacial score (nSPS) is 21.1. The molecule has 8 heteroatoms. The Bertz CT molecular complexity index is 1220. The second-order valence-corrected chi connectivity index (χ2v) is 10.7. The second-order valence-electron chi connectivity index (χ2n) is 7.91. The van der Waals surface area contributed by atoms with E-state index in [2.05, 4.69) is 36.1 Å². The van der Waals surface area contributed by atoms with Gasteiger partial charge in [0, 0.05) is 0 Å². The zero-order chi connectivity index (χ0) is 22.2. The number of hydrogen-bond donors (Lipinski definition) is 0. The SMILES string of the molecule is CC1[C]2=C(C=CC1N(C)c1cccc([N+](=O)[O-])c1)C(/C=C/c1ccc3c(c1)OCO3)=[N][Sn]2. The number of hydrogen-bond acceptors (Lipinski definition) is 6. The molecule has 7 nitrogen and oxygen atoms in total. The van der Waals surface area contributed by atoms with Gasteiger partial charge >= 0.3 is 197 Å². The Morgan fingerprint density at radius 3 is 2.88 bits per heavy atom. The van der Waals surface area contributed by atoms with Crippen molar-refractivity contribution in [3.05, 3.63) is 85.5 Å². The number of anilines is 1. The van der Waals surface area contributed by atoms with Gasteiger partial charge in [0.15, 0.2) is 0 Å². The van der Waals surface area contributed by atoms with Crippen molar-refractivity contribution < 1.29 is 14.4 Å². The molecule has 0 aromatic heterocycles. The summed E-state index contributed by atoms with van der Waals surface area (Å²) in [5, 5.41) is 11.2. The van der Waals surface area contributed by atoms with E-state index in [9.17, 15) is 10.1 Å². The van der Waals surface area contributed by atoms with Crippen molar-refractivity contribution in [3.63, 3.8) is 0 Å². The molecule has 32 heavy (non-hydrogen) atoms. The average molecular weight is 534 g/mol. The van der Waals surface area contributed by atoms with Gasteiger partial charge in [-0.25, -0.2) is 0 Å². The van der Waals surface area contributed by atoms with Crippen molar-refractivity contribution in [1.82, 2.24) is 0 Å². The number of nitro benzene ring substituents is 1. The van der Waals surface area contributed by atoms with Crippen molar-refractivity contribution in [3.8, 4) is 11.5 Å². The predicted molar refractivity (Wildman–Crippen MR) is 125 cm³/mol. The second kappa shape index (κ2) is 8.46. The Kier molecular flexibility index (Phi) is 5.50. The molecule has 2 aliphatic heterocycles. The molecule has 2 heterocycles. The molecule has 1 aliphatic carbocycles. The molecule has 0 amide bonds. The number of ether oxygens (including phenoxy) is 2. The van der Waals surface area contributed by atoms with Crippen LogP contribution in [0.5, 0.6) is 11.5 Å². The molecule has 2 atom stereocenters. The number of likely N-dealkylation sites (N-methyl/N-ethyl adjacent to an activating group) is 1. The summed E-state index contributed by atoms with van der Waals surface area (Å²) in [6.45, 7) is 2.51. The Morgan fingerprint density at radius 2 is 2.03 bits per heavy atom. The van der Waals surface area contributed by atoms with Crippen molar-refractivity contribution in [2.45, 2.75) is 13.0 Å². The van der Waals surface area contributed by atoms with Crippen LogP contribution in [0.3, 0.4) is 0 Å². The first kappa shape index (κ1) is 20.8. The van der Waals surface area contributed by atoms with Gasteiger partial charge in [-0.15, -0.1) is 0 Å². The molecular formula is C24H21N3O4Sn. The summed E-state index contributed by atoms with van der Waals surface area (Å²) >= 11 is -1.05. The van der Waals surface area contributed by atoms with E-state index >= 15 is 0 Å². The average Bonchev–Trinajstić information content (AvgIpc) is 3.44. The van der Waals surface area contributed by atoms with Gasteiger partial charge in [0.1, 0.15) is 0 Å². The first-order valence-electron chi connectivity index (χ1n) is 10.3. The van der Waals surface area contributed by atoms with Crippen LogP contribution in [-0.2, 0) is 0 Å². The molecule has 0 bridgehead atoms. The monoisotopic (exact) mass is 535 g/mol. The van der Waals surface area contributed by atoms with Crippen LogP contribution in [0.25, 0.3) is 6.08 Å². The first-order valence-corrected chi connectivity index (χ1v) is 13.0. The maximum atomic E-state index is 11.2. The molecule has 0 N–H and O–H groups in total. The van der Waals surface area contributed by atoms with Crippen LogP contribution >= 0.6 is 0 Å². The van der Waals surface area contributed by atoms with Crippen LogP contribution in [0.2, 0.25) is 0 Å². The third kappa shape index (κ3) is 3.81. The maximum absolute atomic E-state index is 11.2. The van der Waals surface area contributed by atoms with E-state index in [0.29, 0.717) is 5.92 Å². The Labute approximate surface area is 196 Å². The summed E-state index contributed by atoms with van der Waals surface area (Å²) in [5.41, 5.74) is 4.29. The number of nitrogens with zero attached hydrogens (tertiary/aromatic N) is 3. The van der Waals surface area contributed by atoms with Gasteiger partial charge in [0.25, 0.3) is 0 Å². The molecule has 2 unspecified atom stereocenters. The van der Waals surface area contributed by atoms with E-state index in [1.165, 1.54) is 15.2 Å². The van der Waals surface area contributed by atoms with Crippen LogP contribution < -0.4 is 14.4 Å². The van der Waals surface area contributed by atoms with Crippen molar-refractivity contribution >= 4 is 44.6 Å². The van der Waals surface area contributed by atoms with Gasteiger partial charge in [-0.1, -0.05) is 0 Å². The summed E-state index contributed by atoms with van der Waals surface area (Å²) < 4.78 is 17.2. The fraction of sp³-hybridized carbons (Fsp3) is 0.208. The quantitative estimate of drug-likeness (QED) is 0.324. The van der Waals surface area contributed by atoms with E-state index < -0.39 is 21.4 Å². The van der Waals surface area contributed by atoms with Gasteiger partial charge in [-0.05, 0) is 0 Å². The van der Waals surface area contributed by atoms with Crippen LogP contribution in [0.4, 0.5) is 11.4 Å². The first-order chi connectivity index (χ1) is 15.5. The van der Waals surface area contributed by atoms with E-state index in [0.717, 1.165) is 28.5 Å². The van der Waals surface area contributed by atoms with E-state index in [1.54, 1.807) is 12.1 Å². The molecule has 2 aromatic rings. The molecule has 160 valence electrons. The molecule has 0 fully saturated rings. The van der Waals surface area contributed by atoms with Gasteiger partial charge < -0.3 is 0 Å². The fourth-order valence-electron chi connectivity index (χ4n) is 4.22. The van der Waals surface area contributed by atoms with Gasteiger partial charge in [0.2, 0.25) is 0 Å². The number of nitro groups is 1. The molecule has 0 saturated carbocycles. The summed E-state index contributed by atoms with van der Waals surface area (Å²) in [5.74, 6) is 1.86. The van der Waals surface area contributed by atoms with E-state index in [-0.39, 0.29) is 23.4 Å². The summed E-state index contributed by atoms with van der Waals surface area (Å²) in [4.78, 5) is 12.9. The number of benzene rings is 2. The van der Waals surface area contributed by atoms with Crippen molar-refractivity contribution in [2.24, 2.45) is 9.13 Å². The number of fused-ring (bicyclic) bond motifs is 1. The van der Waals surface area contributed by atoms with E-state index in [4.69, 9.17) is 12.7 Å². The molecule has 0 saturated heterocycles. The molecule has 0 spiro atoms. The number of allylic oxidation sites excluding steroid dienone is 3. The molecular weight excluding hydrogens is 513 g/mol. The third-order valence-electron chi connectivity index (χ3n) is 6.02. The number of non-ortho nitro benzene ring substituents is 1. The van der Waals surface area contributed by atoms with E-state index in [1.807, 2.05) is 31.3 Å². The summed E-state index contributed by atoms with van der Waals surface area (Å²) in [7, 11) is 2.00. The standard InChI is InChI=1S/C24H21N3O4.Sn/c1-16-12-18(21(25)9-6-17-7-11-23-24(13-17)31-15-30-23)8-10-22(16)26(2)19-4-3-5-20(14-19)27(28)29;/h3-11,13-14,16,22H,15H2,1-2H3;/q-1;+1/b9-6+;. The third-order valence-corrected chi connectivity index (χ3v) is 9.78. The van der Waals surface area contributed by atoms with Gasteiger partial charge in [0.05, 0.1) is 0 Å². The van der Waals surface area contributed by atoms with Crippen LogP contribution in [0.1, 0.15) is 12.5 Å². The fourth-order valence-corrected chi connectivity index (χ4v) is 7.47. The van der Waals surface area contributed by atoms with Crippen LogP contribution in [-0.4, -0.2) is 51.9 Å². The van der Waals surface area contributed by atoms with Crippen LogP contribution in [0, 0.1) is 16.0 Å². The Morgan fingerprint density at radius 1 is 1.19 bits per heavy atom. The molecule has 5 rings (SSSR count). The predicted octanol–water partition coefficient (Wildman–Crippen LogP) is 4.38. The van der Waals surface area contributed by atoms with Gasteiger partial charge in [-0.2, -0.15) is 0 Å². The van der Waals surface area contributed by atoms with Crippen molar-refractivity contribution in [1.29, 1.82) is 0 Å². The van der Waals surface area contributed by atoms with Crippen LogP contribution in [0.15, 0.2) is 73.1 Å². The topological polar surface area (TPSA) is 77.2 Å².